The third-order valence-corrected chi connectivity index (χ3v) is 2.30. The third kappa shape index (κ3) is 2.89. The van der Waals surface area contributed by atoms with E-state index in [0.29, 0.717) is 17.3 Å². The van der Waals surface area contributed by atoms with Crippen LogP contribution in [0, 0.1) is 5.92 Å². The van der Waals surface area contributed by atoms with Crippen LogP contribution < -0.4 is 10.6 Å². The van der Waals surface area contributed by atoms with Gasteiger partial charge in [0.05, 0.1) is 11.3 Å². The Balaban J connectivity index is 3.07. The highest BCUT2D eigenvalue weighted by Gasteiger charge is 2.14. The average molecular weight is 222 g/mol. The van der Waals surface area contributed by atoms with Crippen LogP contribution in [0.25, 0.3) is 0 Å². The molecule has 0 spiro atoms. The summed E-state index contributed by atoms with van der Waals surface area (Å²) >= 11 is 0. The molecule has 1 aromatic carbocycles. The van der Waals surface area contributed by atoms with Gasteiger partial charge in [-0.05, 0) is 24.1 Å². The van der Waals surface area contributed by atoms with Gasteiger partial charge in [0.15, 0.2) is 0 Å². The van der Waals surface area contributed by atoms with Crippen molar-refractivity contribution in [2.45, 2.75) is 13.8 Å². The van der Waals surface area contributed by atoms with Crippen LogP contribution in [0.2, 0.25) is 0 Å². The molecular formula is C12H18N2O2. The van der Waals surface area contributed by atoms with Crippen molar-refractivity contribution in [3.8, 4) is 0 Å². The van der Waals surface area contributed by atoms with E-state index < -0.39 is 5.97 Å². The molecule has 0 aliphatic heterocycles. The van der Waals surface area contributed by atoms with Crippen molar-refractivity contribution in [3.05, 3.63) is 23.8 Å². The molecular weight excluding hydrogens is 204 g/mol. The van der Waals surface area contributed by atoms with Crippen LogP contribution in [0.15, 0.2) is 18.2 Å². The van der Waals surface area contributed by atoms with Gasteiger partial charge < -0.3 is 15.7 Å². The second-order valence-electron chi connectivity index (χ2n) is 4.36. The molecule has 0 unspecified atom stereocenters. The molecule has 0 atom stereocenters. The quantitative estimate of drug-likeness (QED) is 0.765. The lowest BCUT2D eigenvalue weighted by Crippen LogP contribution is -2.24. The Bertz CT molecular complexity index is 389. The van der Waals surface area contributed by atoms with Crippen molar-refractivity contribution < 1.29 is 9.90 Å². The molecule has 0 radical (unpaired) electrons. The number of rotatable bonds is 4. The fraction of sp³-hybridized carbons (Fsp3) is 0.417. The first-order valence-electron chi connectivity index (χ1n) is 5.25. The van der Waals surface area contributed by atoms with E-state index in [-0.39, 0.29) is 5.56 Å². The summed E-state index contributed by atoms with van der Waals surface area (Å²) in [5, 5.41) is 9.09. The zero-order valence-corrected chi connectivity index (χ0v) is 9.90. The first-order valence-corrected chi connectivity index (χ1v) is 5.25. The molecule has 3 N–H and O–H groups in total. The zero-order chi connectivity index (χ0) is 12.3. The highest BCUT2D eigenvalue weighted by molar-refractivity contribution is 5.95. The summed E-state index contributed by atoms with van der Waals surface area (Å²) in [5.41, 5.74) is 7.01. The monoisotopic (exact) mass is 222 g/mol. The van der Waals surface area contributed by atoms with E-state index in [0.717, 1.165) is 6.54 Å². The maximum atomic E-state index is 11.1. The summed E-state index contributed by atoms with van der Waals surface area (Å²) in [6.07, 6.45) is 0. The minimum Gasteiger partial charge on any atom is -0.478 e. The summed E-state index contributed by atoms with van der Waals surface area (Å²) in [6.45, 7) is 4.99. The largest absolute Gasteiger partial charge is 0.478 e. The van der Waals surface area contributed by atoms with Crippen molar-refractivity contribution >= 4 is 17.3 Å². The Morgan fingerprint density at radius 2 is 2.12 bits per heavy atom. The second kappa shape index (κ2) is 4.88. The van der Waals surface area contributed by atoms with Gasteiger partial charge in [0.1, 0.15) is 0 Å². The number of anilines is 2. The van der Waals surface area contributed by atoms with E-state index in [9.17, 15) is 4.79 Å². The number of nitrogens with two attached hydrogens (primary N) is 1. The fourth-order valence-electron chi connectivity index (χ4n) is 1.70. The van der Waals surface area contributed by atoms with Gasteiger partial charge in [-0.15, -0.1) is 0 Å². The van der Waals surface area contributed by atoms with Crippen LogP contribution in [0.5, 0.6) is 0 Å². The lowest BCUT2D eigenvalue weighted by atomic mass is 10.1. The molecule has 4 heteroatoms. The molecule has 4 nitrogen and oxygen atoms in total. The number of benzene rings is 1. The standard InChI is InChI=1S/C12H18N2O2/c1-8(2)7-14(3)11-5-4-9(13)6-10(11)12(15)16/h4-6,8H,7,13H2,1-3H3,(H,15,16). The van der Waals surface area contributed by atoms with Crippen LogP contribution >= 0.6 is 0 Å². The SMILES string of the molecule is CC(C)CN(C)c1ccc(N)cc1C(=O)O. The summed E-state index contributed by atoms with van der Waals surface area (Å²) in [5.74, 6) is -0.470. The Kier molecular flexibility index (Phi) is 3.77. The van der Waals surface area contributed by atoms with Gasteiger partial charge in [0.25, 0.3) is 0 Å². The summed E-state index contributed by atoms with van der Waals surface area (Å²) in [4.78, 5) is 13.0. The van der Waals surface area contributed by atoms with Crippen molar-refractivity contribution in [1.29, 1.82) is 0 Å². The molecule has 0 heterocycles. The van der Waals surface area contributed by atoms with E-state index in [1.165, 1.54) is 6.07 Å². The molecule has 0 saturated carbocycles. The highest BCUT2D eigenvalue weighted by Crippen LogP contribution is 2.22. The van der Waals surface area contributed by atoms with Crippen LogP contribution in [0.1, 0.15) is 24.2 Å². The lowest BCUT2D eigenvalue weighted by molar-refractivity contribution is 0.0697. The van der Waals surface area contributed by atoms with Crippen molar-refractivity contribution in [1.82, 2.24) is 0 Å². The van der Waals surface area contributed by atoms with Crippen LogP contribution in [-0.2, 0) is 0 Å². The highest BCUT2D eigenvalue weighted by atomic mass is 16.4. The van der Waals surface area contributed by atoms with Gasteiger partial charge in [-0.3, -0.25) is 0 Å². The number of hydrogen-bond donors (Lipinski definition) is 2. The Morgan fingerprint density at radius 3 is 2.62 bits per heavy atom. The predicted molar refractivity (Wildman–Crippen MR) is 65.9 cm³/mol. The first-order chi connectivity index (χ1) is 7.41. The fourth-order valence-corrected chi connectivity index (χ4v) is 1.70. The normalized spacial score (nSPS) is 10.5. The van der Waals surface area contributed by atoms with Crippen LogP contribution in [0.4, 0.5) is 11.4 Å². The van der Waals surface area contributed by atoms with Crippen molar-refractivity contribution in [3.63, 3.8) is 0 Å². The van der Waals surface area contributed by atoms with Gasteiger partial charge in [0.2, 0.25) is 0 Å². The molecule has 1 aromatic rings. The molecule has 0 fully saturated rings. The minimum absolute atomic E-state index is 0.253. The van der Waals surface area contributed by atoms with Crippen molar-refractivity contribution in [2.24, 2.45) is 5.92 Å². The Morgan fingerprint density at radius 1 is 1.50 bits per heavy atom. The van der Waals surface area contributed by atoms with Gasteiger partial charge in [-0.25, -0.2) is 4.79 Å². The molecule has 0 saturated heterocycles. The minimum atomic E-state index is -0.946. The van der Waals surface area contributed by atoms with E-state index in [2.05, 4.69) is 13.8 Å². The average Bonchev–Trinajstić information content (AvgIpc) is 2.16. The number of carbonyl (C=O) groups is 1. The number of hydrogen-bond acceptors (Lipinski definition) is 3. The van der Waals surface area contributed by atoms with E-state index >= 15 is 0 Å². The molecule has 16 heavy (non-hydrogen) atoms. The van der Waals surface area contributed by atoms with Crippen LogP contribution in [-0.4, -0.2) is 24.7 Å². The molecule has 0 aliphatic rings. The maximum Gasteiger partial charge on any atom is 0.337 e. The summed E-state index contributed by atoms with van der Waals surface area (Å²) < 4.78 is 0. The van der Waals surface area contributed by atoms with E-state index in [1.54, 1.807) is 12.1 Å². The Labute approximate surface area is 95.7 Å². The van der Waals surface area contributed by atoms with Crippen LogP contribution in [0.3, 0.4) is 0 Å². The molecule has 88 valence electrons. The second-order valence-corrected chi connectivity index (χ2v) is 4.36. The topological polar surface area (TPSA) is 66.6 Å². The smallest absolute Gasteiger partial charge is 0.337 e. The number of aromatic carboxylic acids is 1. The predicted octanol–water partition coefficient (Wildman–Crippen LogP) is 2.06. The summed E-state index contributed by atoms with van der Waals surface area (Å²) in [7, 11) is 1.89. The summed E-state index contributed by atoms with van der Waals surface area (Å²) in [6, 6.07) is 4.97. The maximum absolute atomic E-state index is 11.1. The van der Waals surface area contributed by atoms with Gasteiger partial charge in [-0.2, -0.15) is 0 Å². The Hall–Kier alpha value is -1.71. The zero-order valence-electron chi connectivity index (χ0n) is 9.90. The van der Waals surface area contributed by atoms with Crippen molar-refractivity contribution in [2.75, 3.05) is 24.2 Å². The van der Waals surface area contributed by atoms with Gasteiger partial charge in [0, 0.05) is 19.3 Å². The molecule has 0 bridgehead atoms. The molecule has 0 amide bonds. The number of nitrogens with zero attached hydrogens (tertiary/aromatic N) is 1. The molecule has 1 rings (SSSR count). The lowest BCUT2D eigenvalue weighted by Gasteiger charge is -2.23. The van der Waals surface area contributed by atoms with E-state index in [4.69, 9.17) is 10.8 Å². The first kappa shape index (κ1) is 12.4. The van der Waals surface area contributed by atoms with Gasteiger partial charge in [-0.1, -0.05) is 13.8 Å². The molecule has 0 aromatic heterocycles. The number of nitrogen functional groups attached to an aromatic ring is 1. The third-order valence-electron chi connectivity index (χ3n) is 2.30. The molecule has 0 aliphatic carbocycles. The van der Waals surface area contributed by atoms with E-state index in [1.807, 2.05) is 11.9 Å². The van der Waals surface area contributed by atoms with Gasteiger partial charge >= 0.3 is 5.97 Å². The number of carboxylic acids is 1. The number of carboxylic acid groups (broad SMARTS) is 1.